The molecular weight excluding hydrogens is 331 g/mol. The summed E-state index contributed by atoms with van der Waals surface area (Å²) >= 11 is 5.83. The molecule has 0 amide bonds. The second kappa shape index (κ2) is 6.04. The van der Waals surface area contributed by atoms with Crippen molar-refractivity contribution in [3.05, 3.63) is 47.5 Å². The summed E-state index contributed by atoms with van der Waals surface area (Å²) in [5.74, 6) is 0.206. The van der Waals surface area contributed by atoms with E-state index >= 15 is 0 Å². The van der Waals surface area contributed by atoms with Gasteiger partial charge in [-0.15, -0.1) is 0 Å². The molecule has 1 N–H and O–H groups in total. The van der Waals surface area contributed by atoms with Crippen LogP contribution in [-0.2, 0) is 12.7 Å². The van der Waals surface area contributed by atoms with E-state index < -0.39 is 11.7 Å². The maximum atomic E-state index is 12.5. The van der Waals surface area contributed by atoms with E-state index in [0.29, 0.717) is 13.1 Å². The molecule has 0 bridgehead atoms. The third kappa shape index (κ3) is 3.37. The SMILES string of the molecule is FC(F)(F)c1cnc(NCCn2cnc3cccnc32)c(Cl)c1. The van der Waals surface area contributed by atoms with Gasteiger partial charge < -0.3 is 9.88 Å². The summed E-state index contributed by atoms with van der Waals surface area (Å²) < 4.78 is 39.5. The molecule has 3 rings (SSSR count). The van der Waals surface area contributed by atoms with Crippen molar-refractivity contribution in [2.24, 2.45) is 0 Å². The van der Waals surface area contributed by atoms with Crippen molar-refractivity contribution in [2.45, 2.75) is 12.7 Å². The maximum Gasteiger partial charge on any atom is 0.417 e. The number of alkyl halides is 3. The van der Waals surface area contributed by atoms with Crippen LogP contribution in [0, 0.1) is 0 Å². The Hall–Kier alpha value is -2.35. The van der Waals surface area contributed by atoms with Crippen molar-refractivity contribution in [3.8, 4) is 0 Å². The highest BCUT2D eigenvalue weighted by atomic mass is 35.5. The second-order valence-electron chi connectivity index (χ2n) is 4.76. The predicted octanol–water partition coefficient (Wildman–Crippen LogP) is 3.61. The molecule has 0 aliphatic heterocycles. The van der Waals surface area contributed by atoms with Crippen LogP contribution in [0.15, 0.2) is 36.9 Å². The van der Waals surface area contributed by atoms with Crippen LogP contribution in [0.3, 0.4) is 0 Å². The Balaban J connectivity index is 1.67. The molecule has 0 aromatic carbocycles. The number of hydrogen-bond donors (Lipinski definition) is 1. The van der Waals surface area contributed by atoms with Gasteiger partial charge in [-0.3, -0.25) is 0 Å². The van der Waals surface area contributed by atoms with Gasteiger partial charge in [0.25, 0.3) is 0 Å². The van der Waals surface area contributed by atoms with Gasteiger partial charge in [0, 0.05) is 25.5 Å². The van der Waals surface area contributed by atoms with Crippen LogP contribution in [0.25, 0.3) is 11.2 Å². The quantitative estimate of drug-likeness (QED) is 0.787. The van der Waals surface area contributed by atoms with E-state index in [1.54, 1.807) is 18.6 Å². The fourth-order valence-corrected chi connectivity index (χ4v) is 2.31. The Morgan fingerprint density at radius 3 is 2.78 bits per heavy atom. The molecule has 0 aliphatic carbocycles. The first-order valence-corrected chi connectivity index (χ1v) is 7.05. The maximum absolute atomic E-state index is 12.5. The van der Waals surface area contributed by atoms with E-state index in [-0.39, 0.29) is 10.8 Å². The van der Waals surface area contributed by atoms with E-state index in [2.05, 4.69) is 20.3 Å². The smallest absolute Gasteiger partial charge is 0.367 e. The van der Waals surface area contributed by atoms with Crippen molar-refractivity contribution in [1.29, 1.82) is 0 Å². The molecular formula is C14H11ClF3N5. The zero-order chi connectivity index (χ0) is 16.4. The van der Waals surface area contributed by atoms with E-state index in [4.69, 9.17) is 11.6 Å². The molecule has 3 aromatic heterocycles. The zero-order valence-electron chi connectivity index (χ0n) is 11.7. The van der Waals surface area contributed by atoms with Crippen molar-refractivity contribution in [2.75, 3.05) is 11.9 Å². The summed E-state index contributed by atoms with van der Waals surface area (Å²) in [6, 6.07) is 4.50. The van der Waals surface area contributed by atoms with Crippen LogP contribution >= 0.6 is 11.6 Å². The Kier molecular flexibility index (Phi) is 4.08. The molecule has 120 valence electrons. The topological polar surface area (TPSA) is 55.6 Å². The van der Waals surface area contributed by atoms with Crippen molar-refractivity contribution in [1.82, 2.24) is 19.5 Å². The molecule has 0 aliphatic rings. The second-order valence-corrected chi connectivity index (χ2v) is 5.17. The minimum Gasteiger partial charge on any atom is -0.367 e. The summed E-state index contributed by atoms with van der Waals surface area (Å²) in [7, 11) is 0. The van der Waals surface area contributed by atoms with E-state index in [0.717, 1.165) is 23.4 Å². The monoisotopic (exact) mass is 341 g/mol. The molecule has 5 nitrogen and oxygen atoms in total. The molecule has 3 aromatic rings. The Morgan fingerprint density at radius 2 is 2.04 bits per heavy atom. The average molecular weight is 342 g/mol. The van der Waals surface area contributed by atoms with Crippen molar-refractivity contribution in [3.63, 3.8) is 0 Å². The molecule has 9 heteroatoms. The summed E-state index contributed by atoms with van der Waals surface area (Å²) in [5.41, 5.74) is 0.636. The van der Waals surface area contributed by atoms with Gasteiger partial charge in [-0.05, 0) is 18.2 Å². The number of fused-ring (bicyclic) bond motifs is 1. The van der Waals surface area contributed by atoms with Gasteiger partial charge in [-0.2, -0.15) is 13.2 Å². The number of anilines is 1. The third-order valence-corrected chi connectivity index (χ3v) is 3.48. The van der Waals surface area contributed by atoms with E-state index in [1.165, 1.54) is 0 Å². The van der Waals surface area contributed by atoms with Crippen molar-refractivity contribution >= 4 is 28.6 Å². The minimum atomic E-state index is -4.46. The number of halogens is 4. The average Bonchev–Trinajstić information content (AvgIpc) is 2.91. The van der Waals surface area contributed by atoms with Gasteiger partial charge in [0.05, 0.1) is 16.9 Å². The van der Waals surface area contributed by atoms with Crippen LogP contribution in [0.2, 0.25) is 5.02 Å². The fraction of sp³-hybridized carbons (Fsp3) is 0.214. The minimum absolute atomic E-state index is 0.0755. The number of pyridine rings is 2. The Morgan fingerprint density at radius 1 is 1.22 bits per heavy atom. The highest BCUT2D eigenvalue weighted by Gasteiger charge is 2.31. The number of hydrogen-bond acceptors (Lipinski definition) is 4. The van der Waals surface area contributed by atoms with E-state index in [9.17, 15) is 13.2 Å². The molecule has 0 radical (unpaired) electrons. The number of imidazole rings is 1. The summed E-state index contributed by atoms with van der Waals surface area (Å²) in [6.45, 7) is 0.937. The lowest BCUT2D eigenvalue weighted by Crippen LogP contribution is -2.12. The molecule has 0 spiro atoms. The standard InChI is InChI=1S/C14H11ClF3N5/c15-10-6-9(14(16,17)18)7-21-12(10)19-4-5-23-8-22-11-2-1-3-20-13(11)23/h1-3,6-8H,4-5H2,(H,19,21). The Bertz CT molecular complexity index is 831. The number of nitrogens with one attached hydrogen (secondary N) is 1. The number of nitrogens with zero attached hydrogens (tertiary/aromatic N) is 4. The lowest BCUT2D eigenvalue weighted by atomic mass is 10.3. The van der Waals surface area contributed by atoms with Gasteiger partial charge >= 0.3 is 6.18 Å². The molecule has 3 heterocycles. The number of rotatable bonds is 4. The van der Waals surface area contributed by atoms with Gasteiger partial charge in [-0.25, -0.2) is 15.0 Å². The Labute approximate surface area is 134 Å². The molecule has 0 unspecified atom stereocenters. The zero-order valence-corrected chi connectivity index (χ0v) is 12.4. The highest BCUT2D eigenvalue weighted by Crippen LogP contribution is 2.32. The van der Waals surface area contributed by atoms with Crippen LogP contribution in [-0.4, -0.2) is 26.1 Å². The molecule has 0 saturated carbocycles. The summed E-state index contributed by atoms with van der Waals surface area (Å²) in [4.78, 5) is 12.2. The predicted molar refractivity (Wildman–Crippen MR) is 80.3 cm³/mol. The van der Waals surface area contributed by atoms with Gasteiger partial charge in [0.1, 0.15) is 11.3 Å². The van der Waals surface area contributed by atoms with Crippen LogP contribution in [0.1, 0.15) is 5.56 Å². The lowest BCUT2D eigenvalue weighted by Gasteiger charge is -2.11. The molecule has 0 atom stereocenters. The molecule has 0 fully saturated rings. The largest absolute Gasteiger partial charge is 0.417 e. The summed E-state index contributed by atoms with van der Waals surface area (Å²) in [5, 5.41) is 2.83. The normalized spacial score (nSPS) is 11.8. The number of aromatic nitrogens is 4. The van der Waals surface area contributed by atoms with Crippen LogP contribution in [0.4, 0.5) is 19.0 Å². The summed E-state index contributed by atoms with van der Waals surface area (Å²) in [6.07, 6.45) is -0.387. The van der Waals surface area contributed by atoms with Gasteiger partial charge in [0.15, 0.2) is 5.65 Å². The lowest BCUT2D eigenvalue weighted by molar-refractivity contribution is -0.137. The van der Waals surface area contributed by atoms with Crippen LogP contribution in [0.5, 0.6) is 0 Å². The fourth-order valence-electron chi connectivity index (χ4n) is 2.08. The first-order chi connectivity index (χ1) is 10.9. The first kappa shape index (κ1) is 15.5. The molecule has 23 heavy (non-hydrogen) atoms. The van der Waals surface area contributed by atoms with Gasteiger partial charge in [0.2, 0.25) is 0 Å². The van der Waals surface area contributed by atoms with E-state index in [1.807, 2.05) is 10.6 Å². The van der Waals surface area contributed by atoms with Crippen LogP contribution < -0.4 is 5.32 Å². The molecule has 0 saturated heterocycles. The van der Waals surface area contributed by atoms with Crippen molar-refractivity contribution < 1.29 is 13.2 Å². The highest BCUT2D eigenvalue weighted by molar-refractivity contribution is 6.32. The third-order valence-electron chi connectivity index (χ3n) is 3.19. The first-order valence-electron chi connectivity index (χ1n) is 6.67. The van der Waals surface area contributed by atoms with Gasteiger partial charge in [-0.1, -0.05) is 11.6 Å².